The first-order chi connectivity index (χ1) is 15.9. The predicted octanol–water partition coefficient (Wildman–Crippen LogP) is 4.80. The number of amides is 3. The molecule has 0 aliphatic heterocycles. The number of carboxylic acids is 1. The number of carbonyl (C=O) groups excluding carboxylic acids is 3. The Morgan fingerprint density at radius 2 is 1.35 bits per heavy atom. The zero-order valence-electron chi connectivity index (χ0n) is 19.0. The van der Waals surface area contributed by atoms with Crippen LogP contribution in [-0.4, -0.2) is 42.9 Å². The van der Waals surface area contributed by atoms with Crippen molar-refractivity contribution in [3.05, 3.63) is 52.2 Å². The SMILES string of the molecule is CC(=O)N(C)c1c(I)c(C(=O)NC(CCC(=O)O)c2ccccc2)c(I)c(N(C)C(C)=O)c1I. The lowest BCUT2D eigenvalue weighted by Gasteiger charge is -2.28. The lowest BCUT2D eigenvalue weighted by Crippen LogP contribution is -2.34. The van der Waals surface area contributed by atoms with Crippen LogP contribution in [0.25, 0.3) is 0 Å². The second kappa shape index (κ2) is 12.5. The minimum absolute atomic E-state index is 0.114. The molecule has 0 radical (unpaired) electrons. The first-order valence-corrected chi connectivity index (χ1v) is 13.4. The summed E-state index contributed by atoms with van der Waals surface area (Å²) in [4.78, 5) is 52.2. The summed E-state index contributed by atoms with van der Waals surface area (Å²) in [5, 5.41) is 12.2. The minimum Gasteiger partial charge on any atom is -0.481 e. The lowest BCUT2D eigenvalue weighted by atomic mass is 10.0. The number of carbonyl (C=O) groups is 4. The number of hydrogen-bond donors (Lipinski definition) is 2. The molecule has 0 saturated heterocycles. The fraction of sp³-hybridized carbons (Fsp3) is 0.304. The highest BCUT2D eigenvalue weighted by atomic mass is 127. The van der Waals surface area contributed by atoms with Gasteiger partial charge in [0.05, 0.1) is 33.7 Å². The molecule has 0 spiro atoms. The van der Waals surface area contributed by atoms with Gasteiger partial charge >= 0.3 is 5.97 Å². The van der Waals surface area contributed by atoms with E-state index < -0.39 is 17.9 Å². The van der Waals surface area contributed by atoms with Gasteiger partial charge in [0.15, 0.2) is 0 Å². The van der Waals surface area contributed by atoms with Gasteiger partial charge in [-0.05, 0) is 79.8 Å². The van der Waals surface area contributed by atoms with Gasteiger partial charge in [0.25, 0.3) is 5.91 Å². The molecule has 1 atom stereocenters. The molecule has 2 rings (SSSR count). The topological polar surface area (TPSA) is 107 Å². The van der Waals surface area contributed by atoms with Gasteiger partial charge in [-0.25, -0.2) is 0 Å². The Morgan fingerprint density at radius 1 is 0.882 bits per heavy atom. The molecule has 2 aromatic carbocycles. The van der Waals surface area contributed by atoms with Crippen molar-refractivity contribution >= 4 is 103 Å². The number of benzene rings is 2. The molecular weight excluding hydrogens is 779 g/mol. The third kappa shape index (κ3) is 6.59. The van der Waals surface area contributed by atoms with Crippen LogP contribution in [-0.2, 0) is 14.4 Å². The predicted molar refractivity (Wildman–Crippen MR) is 156 cm³/mol. The van der Waals surface area contributed by atoms with Gasteiger partial charge in [0.1, 0.15) is 0 Å². The second-order valence-corrected chi connectivity index (χ2v) is 10.8. The van der Waals surface area contributed by atoms with Crippen molar-refractivity contribution in [1.29, 1.82) is 0 Å². The molecule has 0 fully saturated rings. The monoisotopic (exact) mass is 803 g/mol. The van der Waals surface area contributed by atoms with E-state index in [0.29, 0.717) is 27.6 Å². The summed E-state index contributed by atoms with van der Waals surface area (Å²) in [6.45, 7) is 2.85. The molecule has 2 aromatic rings. The molecular formula is C23H24I3N3O5. The normalized spacial score (nSPS) is 11.5. The number of aliphatic carboxylic acids is 1. The number of halogens is 3. The molecule has 0 aliphatic carbocycles. The van der Waals surface area contributed by atoms with E-state index in [1.807, 2.05) is 75.5 Å². The van der Waals surface area contributed by atoms with E-state index in [-0.39, 0.29) is 24.7 Å². The Morgan fingerprint density at radius 3 is 1.76 bits per heavy atom. The summed E-state index contributed by atoms with van der Waals surface area (Å²) >= 11 is 6.18. The molecule has 0 aromatic heterocycles. The Hall–Kier alpha value is -1.49. The average Bonchev–Trinajstić information content (AvgIpc) is 2.76. The summed E-state index contributed by atoms with van der Waals surface area (Å²) in [7, 11) is 3.24. The molecule has 0 heterocycles. The fourth-order valence-corrected chi connectivity index (χ4v) is 8.35. The quantitative estimate of drug-likeness (QED) is 0.374. The second-order valence-electron chi connectivity index (χ2n) is 7.54. The number of nitrogens with one attached hydrogen (secondary N) is 1. The number of anilines is 2. The van der Waals surface area contributed by atoms with E-state index in [2.05, 4.69) is 27.9 Å². The van der Waals surface area contributed by atoms with Crippen LogP contribution in [0.1, 0.15) is 48.7 Å². The van der Waals surface area contributed by atoms with E-state index in [1.165, 1.54) is 23.6 Å². The molecule has 2 N–H and O–H groups in total. The Balaban J connectivity index is 2.67. The van der Waals surface area contributed by atoms with E-state index in [4.69, 9.17) is 0 Å². The fourth-order valence-electron chi connectivity index (χ4n) is 3.25. The maximum Gasteiger partial charge on any atom is 0.303 e. The molecule has 0 aliphatic rings. The molecule has 1 unspecified atom stereocenters. The van der Waals surface area contributed by atoms with Crippen molar-refractivity contribution in [1.82, 2.24) is 5.32 Å². The number of hydrogen-bond acceptors (Lipinski definition) is 4. The van der Waals surface area contributed by atoms with E-state index in [9.17, 15) is 24.3 Å². The number of nitrogens with zero attached hydrogens (tertiary/aromatic N) is 2. The van der Waals surface area contributed by atoms with Gasteiger partial charge < -0.3 is 20.2 Å². The van der Waals surface area contributed by atoms with Gasteiger partial charge in [0.2, 0.25) is 11.8 Å². The van der Waals surface area contributed by atoms with Crippen LogP contribution in [0.4, 0.5) is 11.4 Å². The molecule has 11 heteroatoms. The maximum atomic E-state index is 13.6. The highest BCUT2D eigenvalue weighted by Crippen LogP contribution is 2.42. The summed E-state index contributed by atoms with van der Waals surface area (Å²) in [5.74, 6) is -1.81. The van der Waals surface area contributed by atoms with Crippen molar-refractivity contribution in [3.63, 3.8) is 0 Å². The summed E-state index contributed by atoms with van der Waals surface area (Å²) in [6, 6.07) is 8.64. The van der Waals surface area contributed by atoms with E-state index in [1.54, 1.807) is 14.1 Å². The van der Waals surface area contributed by atoms with Gasteiger partial charge in [-0.3, -0.25) is 19.2 Å². The lowest BCUT2D eigenvalue weighted by molar-refractivity contribution is -0.137. The molecule has 8 nitrogen and oxygen atoms in total. The van der Waals surface area contributed by atoms with Gasteiger partial charge in [-0.1, -0.05) is 30.3 Å². The number of carboxylic acid groups (broad SMARTS) is 1. The van der Waals surface area contributed by atoms with Crippen molar-refractivity contribution in [2.24, 2.45) is 0 Å². The number of rotatable bonds is 8. The van der Waals surface area contributed by atoms with Crippen LogP contribution in [0.5, 0.6) is 0 Å². The average molecular weight is 803 g/mol. The summed E-state index contributed by atoms with van der Waals surface area (Å²) < 4.78 is 1.79. The van der Waals surface area contributed by atoms with Crippen LogP contribution in [0.15, 0.2) is 30.3 Å². The van der Waals surface area contributed by atoms with Crippen LogP contribution in [0, 0.1) is 10.7 Å². The third-order valence-electron chi connectivity index (χ3n) is 5.27. The minimum atomic E-state index is -0.954. The first kappa shape index (κ1) is 28.7. The third-order valence-corrected chi connectivity index (χ3v) is 8.39. The van der Waals surface area contributed by atoms with Crippen molar-refractivity contribution < 1.29 is 24.3 Å². The molecule has 0 saturated carbocycles. The van der Waals surface area contributed by atoms with Crippen molar-refractivity contribution in [3.8, 4) is 0 Å². The molecule has 182 valence electrons. The molecule has 0 bridgehead atoms. The largest absolute Gasteiger partial charge is 0.481 e. The first-order valence-electron chi connectivity index (χ1n) is 10.1. The van der Waals surface area contributed by atoms with Gasteiger partial charge in [0, 0.05) is 34.4 Å². The zero-order chi connectivity index (χ0) is 25.7. The van der Waals surface area contributed by atoms with E-state index in [0.717, 1.165) is 5.56 Å². The van der Waals surface area contributed by atoms with Crippen LogP contribution in [0.3, 0.4) is 0 Å². The van der Waals surface area contributed by atoms with Crippen molar-refractivity contribution in [2.75, 3.05) is 23.9 Å². The van der Waals surface area contributed by atoms with Crippen molar-refractivity contribution in [2.45, 2.75) is 32.7 Å². The highest BCUT2D eigenvalue weighted by Gasteiger charge is 2.30. The summed E-state index contributed by atoms with van der Waals surface area (Å²) in [6.07, 6.45) is 0.0976. The smallest absolute Gasteiger partial charge is 0.303 e. The Bertz CT molecular complexity index is 1080. The van der Waals surface area contributed by atoms with E-state index >= 15 is 0 Å². The van der Waals surface area contributed by atoms with Gasteiger partial charge in [-0.15, -0.1) is 0 Å². The van der Waals surface area contributed by atoms with Crippen LogP contribution >= 0.6 is 67.8 Å². The highest BCUT2D eigenvalue weighted by molar-refractivity contribution is 14.1. The van der Waals surface area contributed by atoms with Crippen LogP contribution < -0.4 is 15.1 Å². The van der Waals surface area contributed by atoms with Gasteiger partial charge in [-0.2, -0.15) is 0 Å². The molecule has 3 amide bonds. The Kier molecular flexibility index (Phi) is 10.5. The van der Waals surface area contributed by atoms with Crippen LogP contribution in [0.2, 0.25) is 0 Å². The molecule has 34 heavy (non-hydrogen) atoms. The zero-order valence-corrected chi connectivity index (χ0v) is 25.5. The summed E-state index contributed by atoms with van der Waals surface area (Å²) in [5.41, 5.74) is 2.17. The Labute approximate surface area is 239 Å². The standard InChI is InChI=1S/C23H24I3N3O5/c1-12(30)28(3)21-18(24)17(19(25)22(20(21)26)29(4)13(2)31)23(34)27-15(10-11-16(32)33)14-8-6-5-7-9-14/h5-9,15H,10-11H2,1-4H3,(H,27,34)(H,32,33). The maximum absolute atomic E-state index is 13.6.